The van der Waals surface area contributed by atoms with Crippen LogP contribution in [0.25, 0.3) is 0 Å². The lowest BCUT2D eigenvalue weighted by Gasteiger charge is -2.25. The first kappa shape index (κ1) is 13.0. The predicted octanol–water partition coefficient (Wildman–Crippen LogP) is 1.69. The molecule has 106 valence electrons. The first-order valence-corrected chi connectivity index (χ1v) is 6.89. The summed E-state index contributed by atoms with van der Waals surface area (Å²) in [5.41, 5.74) is 0.914. The van der Waals surface area contributed by atoms with Crippen LogP contribution in [0, 0.1) is 5.41 Å². The molecule has 1 aromatic rings. The largest absolute Gasteiger partial charge is 0.478 e. The normalized spacial score (nSPS) is 22.2. The fraction of sp³-hybridized carbons (Fsp3) is 0.467. The quantitative estimate of drug-likeness (QED) is 0.878. The summed E-state index contributed by atoms with van der Waals surface area (Å²) < 4.78 is 5.59. The Bertz CT molecular complexity index is 552. The summed E-state index contributed by atoms with van der Waals surface area (Å²) in [6, 6.07) is 7.22. The minimum absolute atomic E-state index is 0.0518. The molecule has 0 radical (unpaired) electrons. The fourth-order valence-electron chi connectivity index (χ4n) is 2.17. The van der Waals surface area contributed by atoms with Gasteiger partial charge in [0.1, 0.15) is 5.75 Å². The first-order chi connectivity index (χ1) is 9.56. The molecular weight excluding hydrogens is 256 g/mol. The van der Waals surface area contributed by atoms with Gasteiger partial charge in [-0.1, -0.05) is 19.1 Å². The Balaban J connectivity index is 1.57. The lowest BCUT2D eigenvalue weighted by atomic mass is 10.1. The van der Waals surface area contributed by atoms with Gasteiger partial charge in [0.2, 0.25) is 5.91 Å². The van der Waals surface area contributed by atoms with Crippen molar-refractivity contribution in [1.82, 2.24) is 5.32 Å². The monoisotopic (exact) mass is 274 g/mol. The molecule has 0 unspecified atom stereocenters. The Morgan fingerprint density at radius 3 is 2.95 bits per heavy atom. The summed E-state index contributed by atoms with van der Waals surface area (Å²) in [5.74, 6) is 0.202. The maximum absolute atomic E-state index is 11.9. The van der Waals surface area contributed by atoms with Gasteiger partial charge in [0.05, 0.1) is 12.1 Å². The second-order valence-corrected chi connectivity index (χ2v) is 5.88. The van der Waals surface area contributed by atoms with Gasteiger partial charge in [0.25, 0.3) is 5.91 Å². The number of hydrogen-bond acceptors (Lipinski definition) is 3. The molecule has 1 aromatic carbocycles. The van der Waals surface area contributed by atoms with E-state index in [0.717, 1.165) is 12.8 Å². The molecule has 1 atom stereocenters. The van der Waals surface area contributed by atoms with Gasteiger partial charge in [0, 0.05) is 6.54 Å². The molecule has 1 fully saturated rings. The molecule has 1 aliphatic heterocycles. The molecule has 1 heterocycles. The number of benzene rings is 1. The van der Waals surface area contributed by atoms with Crippen LogP contribution < -0.4 is 15.4 Å². The zero-order chi connectivity index (χ0) is 14.2. The van der Waals surface area contributed by atoms with Crippen LogP contribution in [0.2, 0.25) is 0 Å². The highest BCUT2D eigenvalue weighted by Gasteiger charge is 2.37. The maximum atomic E-state index is 11.9. The zero-order valence-electron chi connectivity index (χ0n) is 11.4. The van der Waals surface area contributed by atoms with Crippen LogP contribution in [0.5, 0.6) is 5.75 Å². The van der Waals surface area contributed by atoms with Crippen molar-refractivity contribution in [3.8, 4) is 5.75 Å². The van der Waals surface area contributed by atoms with Gasteiger partial charge in [0.15, 0.2) is 6.10 Å². The van der Waals surface area contributed by atoms with Gasteiger partial charge >= 0.3 is 0 Å². The second-order valence-electron chi connectivity index (χ2n) is 5.88. The highest BCUT2D eigenvalue weighted by atomic mass is 16.5. The number of fused-ring (bicyclic) bond motifs is 1. The van der Waals surface area contributed by atoms with E-state index < -0.39 is 6.10 Å². The second kappa shape index (κ2) is 4.81. The van der Waals surface area contributed by atoms with Crippen molar-refractivity contribution in [3.63, 3.8) is 0 Å². The van der Waals surface area contributed by atoms with E-state index in [-0.39, 0.29) is 23.7 Å². The molecule has 2 amide bonds. The number of hydrogen-bond donors (Lipinski definition) is 2. The molecule has 3 rings (SSSR count). The number of carbonyl (C=O) groups excluding carboxylic acids is 2. The van der Waals surface area contributed by atoms with Crippen molar-refractivity contribution < 1.29 is 14.3 Å². The molecule has 2 aliphatic rings. The molecule has 1 saturated carbocycles. The van der Waals surface area contributed by atoms with E-state index in [4.69, 9.17) is 4.74 Å². The van der Waals surface area contributed by atoms with Crippen LogP contribution in [0.3, 0.4) is 0 Å². The first-order valence-electron chi connectivity index (χ1n) is 6.89. The van der Waals surface area contributed by atoms with Crippen molar-refractivity contribution in [2.45, 2.75) is 32.3 Å². The molecule has 5 heteroatoms. The van der Waals surface area contributed by atoms with Crippen molar-refractivity contribution in [2.24, 2.45) is 5.41 Å². The van der Waals surface area contributed by atoms with Crippen molar-refractivity contribution >= 4 is 17.5 Å². The third-order valence-corrected chi connectivity index (χ3v) is 3.89. The number of ether oxygens (including phenoxy) is 1. The zero-order valence-corrected chi connectivity index (χ0v) is 11.4. The van der Waals surface area contributed by atoms with Crippen molar-refractivity contribution in [3.05, 3.63) is 24.3 Å². The summed E-state index contributed by atoms with van der Waals surface area (Å²) in [4.78, 5) is 23.8. The van der Waals surface area contributed by atoms with E-state index in [9.17, 15) is 9.59 Å². The van der Waals surface area contributed by atoms with Crippen LogP contribution in [-0.4, -0.2) is 24.5 Å². The molecule has 0 saturated heterocycles. The average molecular weight is 274 g/mol. The molecule has 20 heavy (non-hydrogen) atoms. The smallest absolute Gasteiger partial charge is 0.266 e. The lowest BCUT2D eigenvalue weighted by molar-refractivity contribution is -0.130. The Morgan fingerprint density at radius 2 is 2.20 bits per heavy atom. The van der Waals surface area contributed by atoms with E-state index in [1.54, 1.807) is 12.1 Å². The number of amides is 2. The number of anilines is 1. The fourth-order valence-corrected chi connectivity index (χ4v) is 2.17. The number of para-hydroxylation sites is 2. The number of nitrogens with one attached hydrogen (secondary N) is 2. The minimum atomic E-state index is -0.753. The van der Waals surface area contributed by atoms with E-state index in [2.05, 4.69) is 17.6 Å². The number of carbonyl (C=O) groups is 2. The summed E-state index contributed by atoms with van der Waals surface area (Å²) in [6.45, 7) is 2.82. The third-order valence-electron chi connectivity index (χ3n) is 3.89. The molecule has 1 aliphatic carbocycles. The van der Waals surface area contributed by atoms with Crippen LogP contribution in [0.4, 0.5) is 5.69 Å². The van der Waals surface area contributed by atoms with Gasteiger partial charge in [-0.05, 0) is 30.4 Å². The average Bonchev–Trinajstić information content (AvgIpc) is 3.16. The van der Waals surface area contributed by atoms with Gasteiger partial charge in [-0.3, -0.25) is 9.59 Å². The Morgan fingerprint density at radius 1 is 1.45 bits per heavy atom. The van der Waals surface area contributed by atoms with Crippen molar-refractivity contribution in [1.29, 1.82) is 0 Å². The highest BCUT2D eigenvalue weighted by molar-refractivity contribution is 5.99. The minimum Gasteiger partial charge on any atom is -0.478 e. The van der Waals surface area contributed by atoms with E-state index in [0.29, 0.717) is 18.0 Å². The van der Waals surface area contributed by atoms with Crippen molar-refractivity contribution in [2.75, 3.05) is 11.9 Å². The van der Waals surface area contributed by atoms with Crippen LogP contribution in [0.15, 0.2) is 24.3 Å². The summed E-state index contributed by atoms with van der Waals surface area (Å²) >= 11 is 0. The molecule has 2 N–H and O–H groups in total. The standard InChI is InChI=1S/C15H18N2O3/c1-15(6-7-15)9-16-13(18)8-12-14(19)17-10-4-2-3-5-11(10)20-12/h2-5,12H,6-9H2,1H3,(H,16,18)(H,17,19)/t12-/m0/s1. The topological polar surface area (TPSA) is 67.4 Å². The van der Waals surface area contributed by atoms with Gasteiger partial charge in [-0.15, -0.1) is 0 Å². The van der Waals surface area contributed by atoms with Gasteiger partial charge in [-0.25, -0.2) is 0 Å². The van der Waals surface area contributed by atoms with Crippen LogP contribution in [0.1, 0.15) is 26.2 Å². The molecule has 0 bridgehead atoms. The summed E-state index contributed by atoms with van der Waals surface area (Å²) in [6.07, 6.45) is 1.61. The predicted molar refractivity (Wildman–Crippen MR) is 74.5 cm³/mol. The maximum Gasteiger partial charge on any atom is 0.266 e. The molecular formula is C15H18N2O3. The molecule has 0 spiro atoms. The van der Waals surface area contributed by atoms with Gasteiger partial charge < -0.3 is 15.4 Å². The summed E-state index contributed by atoms with van der Waals surface area (Å²) in [5, 5.41) is 5.63. The Hall–Kier alpha value is -2.04. The van der Waals surface area contributed by atoms with E-state index in [1.165, 1.54) is 0 Å². The molecule has 5 nitrogen and oxygen atoms in total. The third kappa shape index (κ3) is 2.76. The number of rotatable bonds is 4. The summed E-state index contributed by atoms with van der Waals surface area (Å²) in [7, 11) is 0. The van der Waals surface area contributed by atoms with Crippen LogP contribution >= 0.6 is 0 Å². The van der Waals surface area contributed by atoms with Gasteiger partial charge in [-0.2, -0.15) is 0 Å². The van der Waals surface area contributed by atoms with E-state index in [1.807, 2.05) is 12.1 Å². The van der Waals surface area contributed by atoms with Crippen LogP contribution in [-0.2, 0) is 9.59 Å². The molecule has 0 aromatic heterocycles. The van der Waals surface area contributed by atoms with E-state index >= 15 is 0 Å². The lowest BCUT2D eigenvalue weighted by Crippen LogP contribution is -2.41. The highest BCUT2D eigenvalue weighted by Crippen LogP contribution is 2.44. The Kier molecular flexibility index (Phi) is 3.12. The Labute approximate surface area is 117 Å². The SMILES string of the molecule is CC1(CNC(=O)C[C@@H]2Oc3ccccc3NC2=O)CC1.